The third-order valence-corrected chi connectivity index (χ3v) is 4.60. The Morgan fingerprint density at radius 2 is 1.83 bits per heavy atom. The summed E-state index contributed by atoms with van der Waals surface area (Å²) in [6.07, 6.45) is 14.1. The Kier molecular flexibility index (Phi) is 6.50. The van der Waals surface area contributed by atoms with E-state index in [-0.39, 0.29) is 0 Å². The van der Waals surface area contributed by atoms with Gasteiger partial charge in [-0.2, -0.15) is 0 Å². The van der Waals surface area contributed by atoms with Crippen LogP contribution in [0.3, 0.4) is 0 Å². The minimum atomic E-state index is 0.577. The van der Waals surface area contributed by atoms with E-state index in [0.29, 0.717) is 6.10 Å². The van der Waals surface area contributed by atoms with Crippen LogP contribution in [0.5, 0.6) is 0 Å². The van der Waals surface area contributed by atoms with Crippen molar-refractivity contribution in [2.45, 2.75) is 83.3 Å². The van der Waals surface area contributed by atoms with E-state index in [4.69, 9.17) is 4.74 Å². The number of nitrogens with one attached hydrogen (secondary N) is 1. The molecule has 2 rings (SSSR count). The second-order valence-electron chi connectivity index (χ2n) is 6.41. The molecular weight excluding hydrogens is 222 g/mol. The second-order valence-corrected chi connectivity index (χ2v) is 6.41. The van der Waals surface area contributed by atoms with Crippen molar-refractivity contribution in [2.24, 2.45) is 5.92 Å². The zero-order valence-electron chi connectivity index (χ0n) is 12.1. The van der Waals surface area contributed by atoms with Crippen molar-refractivity contribution in [3.63, 3.8) is 0 Å². The lowest BCUT2D eigenvalue weighted by molar-refractivity contribution is 0.0269. The smallest absolute Gasteiger partial charge is 0.0575 e. The Labute approximate surface area is 113 Å². The van der Waals surface area contributed by atoms with Crippen LogP contribution in [-0.4, -0.2) is 25.3 Å². The molecule has 2 aliphatic rings. The summed E-state index contributed by atoms with van der Waals surface area (Å²) in [5, 5.41) is 3.71. The molecule has 0 bridgehead atoms. The first kappa shape index (κ1) is 14.3. The molecule has 0 saturated heterocycles. The number of hydrogen-bond donors (Lipinski definition) is 1. The molecule has 106 valence electrons. The summed E-state index contributed by atoms with van der Waals surface area (Å²) in [7, 11) is 0. The highest BCUT2D eigenvalue weighted by Gasteiger charge is 2.18. The average molecular weight is 253 g/mol. The third kappa shape index (κ3) is 5.27. The molecule has 0 aromatic rings. The highest BCUT2D eigenvalue weighted by molar-refractivity contribution is 4.75. The normalized spacial score (nSPS) is 30.5. The molecule has 2 heteroatoms. The fraction of sp³-hybridized carbons (Fsp3) is 1.00. The maximum absolute atomic E-state index is 5.95. The maximum atomic E-state index is 5.95. The van der Waals surface area contributed by atoms with E-state index in [0.717, 1.165) is 25.1 Å². The first-order chi connectivity index (χ1) is 8.84. The van der Waals surface area contributed by atoms with E-state index >= 15 is 0 Å². The fourth-order valence-electron chi connectivity index (χ4n) is 3.48. The van der Waals surface area contributed by atoms with E-state index in [2.05, 4.69) is 12.2 Å². The number of hydrogen-bond acceptors (Lipinski definition) is 2. The van der Waals surface area contributed by atoms with Crippen LogP contribution >= 0.6 is 0 Å². The molecule has 0 spiro atoms. The Bertz CT molecular complexity index is 213. The molecule has 2 atom stereocenters. The lowest BCUT2D eigenvalue weighted by Gasteiger charge is -2.27. The summed E-state index contributed by atoms with van der Waals surface area (Å²) in [6.45, 7) is 4.49. The molecule has 18 heavy (non-hydrogen) atoms. The SMILES string of the molecule is CC1CCCC(NCCCOC2CCCCC2)C1. The van der Waals surface area contributed by atoms with Gasteiger partial charge in [0.05, 0.1) is 6.10 Å². The van der Waals surface area contributed by atoms with E-state index in [1.54, 1.807) is 0 Å². The zero-order chi connectivity index (χ0) is 12.6. The van der Waals surface area contributed by atoms with Crippen LogP contribution in [0.2, 0.25) is 0 Å². The predicted molar refractivity (Wildman–Crippen MR) is 76.9 cm³/mol. The molecule has 0 aliphatic heterocycles. The average Bonchev–Trinajstić information content (AvgIpc) is 2.40. The van der Waals surface area contributed by atoms with Gasteiger partial charge in [0.2, 0.25) is 0 Å². The van der Waals surface area contributed by atoms with Gasteiger partial charge in [-0.1, -0.05) is 39.0 Å². The van der Waals surface area contributed by atoms with Crippen molar-refractivity contribution in [3.05, 3.63) is 0 Å². The van der Waals surface area contributed by atoms with Crippen LogP contribution in [0.1, 0.15) is 71.1 Å². The summed E-state index contributed by atoms with van der Waals surface area (Å²) >= 11 is 0. The van der Waals surface area contributed by atoms with E-state index in [9.17, 15) is 0 Å². The Morgan fingerprint density at radius 3 is 2.61 bits per heavy atom. The van der Waals surface area contributed by atoms with Crippen molar-refractivity contribution >= 4 is 0 Å². The van der Waals surface area contributed by atoms with E-state index in [1.807, 2.05) is 0 Å². The molecule has 0 amide bonds. The molecule has 2 aliphatic carbocycles. The molecule has 0 aromatic carbocycles. The van der Waals surface area contributed by atoms with Gasteiger partial charge in [0, 0.05) is 12.6 Å². The number of rotatable bonds is 6. The summed E-state index contributed by atoms with van der Waals surface area (Å²) in [6, 6.07) is 0.781. The summed E-state index contributed by atoms with van der Waals surface area (Å²) in [4.78, 5) is 0. The van der Waals surface area contributed by atoms with Crippen molar-refractivity contribution in [3.8, 4) is 0 Å². The molecule has 0 heterocycles. The highest BCUT2D eigenvalue weighted by Crippen LogP contribution is 2.23. The summed E-state index contributed by atoms with van der Waals surface area (Å²) in [5.41, 5.74) is 0. The Morgan fingerprint density at radius 1 is 1.00 bits per heavy atom. The van der Waals surface area contributed by atoms with Gasteiger partial charge in [0.25, 0.3) is 0 Å². The molecule has 2 fully saturated rings. The summed E-state index contributed by atoms with van der Waals surface area (Å²) < 4.78 is 5.95. The van der Waals surface area contributed by atoms with Gasteiger partial charge in [-0.25, -0.2) is 0 Å². The lowest BCUT2D eigenvalue weighted by Crippen LogP contribution is -2.34. The standard InChI is InChI=1S/C16H31NO/c1-14-7-5-8-15(13-14)17-11-6-12-18-16-9-3-2-4-10-16/h14-17H,2-13H2,1H3. The van der Waals surface area contributed by atoms with Crippen molar-refractivity contribution in [2.75, 3.05) is 13.2 Å². The first-order valence-corrected chi connectivity index (χ1v) is 8.19. The summed E-state index contributed by atoms with van der Waals surface area (Å²) in [5.74, 6) is 0.926. The van der Waals surface area contributed by atoms with Crippen LogP contribution < -0.4 is 5.32 Å². The number of ether oxygens (including phenoxy) is 1. The van der Waals surface area contributed by atoms with Gasteiger partial charge in [0.1, 0.15) is 0 Å². The first-order valence-electron chi connectivity index (χ1n) is 8.19. The predicted octanol–water partition coefficient (Wildman–Crippen LogP) is 3.89. The molecule has 2 saturated carbocycles. The van der Waals surface area contributed by atoms with Gasteiger partial charge in [-0.05, 0) is 44.6 Å². The van der Waals surface area contributed by atoms with Crippen LogP contribution in [0.15, 0.2) is 0 Å². The van der Waals surface area contributed by atoms with Crippen LogP contribution in [0.25, 0.3) is 0 Å². The second kappa shape index (κ2) is 8.16. The van der Waals surface area contributed by atoms with Gasteiger partial charge >= 0.3 is 0 Å². The van der Waals surface area contributed by atoms with Crippen molar-refractivity contribution in [1.82, 2.24) is 5.32 Å². The lowest BCUT2D eigenvalue weighted by atomic mass is 9.87. The van der Waals surface area contributed by atoms with Gasteiger partial charge in [-0.3, -0.25) is 0 Å². The van der Waals surface area contributed by atoms with Crippen LogP contribution in [0.4, 0.5) is 0 Å². The van der Waals surface area contributed by atoms with Crippen molar-refractivity contribution < 1.29 is 4.74 Å². The molecule has 2 unspecified atom stereocenters. The van der Waals surface area contributed by atoms with E-state index in [1.165, 1.54) is 64.2 Å². The minimum absolute atomic E-state index is 0.577. The monoisotopic (exact) mass is 253 g/mol. The Balaban J connectivity index is 1.45. The molecule has 2 nitrogen and oxygen atoms in total. The largest absolute Gasteiger partial charge is 0.378 e. The van der Waals surface area contributed by atoms with Crippen LogP contribution in [-0.2, 0) is 4.74 Å². The fourth-order valence-corrected chi connectivity index (χ4v) is 3.48. The van der Waals surface area contributed by atoms with Gasteiger partial charge in [-0.15, -0.1) is 0 Å². The minimum Gasteiger partial charge on any atom is -0.378 e. The molecular formula is C16H31NO. The van der Waals surface area contributed by atoms with E-state index < -0.39 is 0 Å². The van der Waals surface area contributed by atoms with Crippen LogP contribution in [0, 0.1) is 5.92 Å². The van der Waals surface area contributed by atoms with Crippen molar-refractivity contribution in [1.29, 1.82) is 0 Å². The van der Waals surface area contributed by atoms with Gasteiger partial charge < -0.3 is 10.1 Å². The zero-order valence-corrected chi connectivity index (χ0v) is 12.1. The highest BCUT2D eigenvalue weighted by atomic mass is 16.5. The molecule has 0 radical (unpaired) electrons. The Hall–Kier alpha value is -0.0800. The topological polar surface area (TPSA) is 21.3 Å². The molecule has 1 N–H and O–H groups in total. The quantitative estimate of drug-likeness (QED) is 0.725. The maximum Gasteiger partial charge on any atom is 0.0575 e. The van der Waals surface area contributed by atoms with Gasteiger partial charge in [0.15, 0.2) is 0 Å². The third-order valence-electron chi connectivity index (χ3n) is 4.60. The molecule has 0 aromatic heterocycles.